The third-order valence-electron chi connectivity index (χ3n) is 2.96. The van der Waals surface area contributed by atoms with Gasteiger partial charge in [-0.05, 0) is 13.0 Å². The highest BCUT2D eigenvalue weighted by atomic mass is 16.2. The van der Waals surface area contributed by atoms with Crippen LogP contribution in [0, 0.1) is 0 Å². The minimum absolute atomic E-state index is 0.133. The highest BCUT2D eigenvalue weighted by Crippen LogP contribution is 2.03. The average molecular weight is 277 g/mol. The van der Waals surface area contributed by atoms with Gasteiger partial charge in [-0.3, -0.25) is 23.4 Å². The van der Waals surface area contributed by atoms with Gasteiger partial charge >= 0.3 is 5.69 Å². The Labute approximate surface area is 114 Å². The molecule has 0 saturated heterocycles. The van der Waals surface area contributed by atoms with E-state index in [9.17, 15) is 14.4 Å². The number of aryl methyl sites for hydroxylation is 1. The van der Waals surface area contributed by atoms with Crippen LogP contribution in [0.4, 0.5) is 5.82 Å². The molecule has 2 rings (SSSR count). The lowest BCUT2D eigenvalue weighted by molar-refractivity contribution is 0.102. The van der Waals surface area contributed by atoms with E-state index in [0.717, 1.165) is 4.57 Å². The molecular formula is C12H15N5O3. The molecule has 0 radical (unpaired) electrons. The molecule has 0 spiro atoms. The molecule has 0 aromatic carbocycles. The molecule has 106 valence electrons. The van der Waals surface area contributed by atoms with Gasteiger partial charge in [-0.1, -0.05) is 0 Å². The summed E-state index contributed by atoms with van der Waals surface area (Å²) in [5, 5.41) is 6.56. The van der Waals surface area contributed by atoms with Crippen LogP contribution in [0.1, 0.15) is 17.4 Å². The topological polar surface area (TPSA) is 90.9 Å². The zero-order valence-corrected chi connectivity index (χ0v) is 11.5. The van der Waals surface area contributed by atoms with Gasteiger partial charge in [-0.25, -0.2) is 4.79 Å². The maximum atomic E-state index is 12.0. The second-order valence-corrected chi connectivity index (χ2v) is 4.28. The van der Waals surface area contributed by atoms with Gasteiger partial charge in [-0.2, -0.15) is 5.10 Å². The summed E-state index contributed by atoms with van der Waals surface area (Å²) in [7, 11) is 2.85. The Morgan fingerprint density at radius 1 is 1.30 bits per heavy atom. The smallest absolute Gasteiger partial charge is 0.306 e. The lowest BCUT2D eigenvalue weighted by atomic mass is 10.4. The molecule has 0 aliphatic carbocycles. The van der Waals surface area contributed by atoms with E-state index >= 15 is 0 Å². The van der Waals surface area contributed by atoms with Crippen molar-refractivity contribution in [2.24, 2.45) is 14.1 Å². The number of nitrogens with zero attached hydrogens (tertiary/aromatic N) is 4. The molecular weight excluding hydrogens is 262 g/mol. The van der Waals surface area contributed by atoms with Crippen LogP contribution in [-0.4, -0.2) is 24.8 Å². The first-order chi connectivity index (χ1) is 9.43. The number of rotatable bonds is 3. The molecule has 2 heterocycles. The highest BCUT2D eigenvalue weighted by Gasteiger charge is 2.13. The second kappa shape index (κ2) is 5.16. The molecule has 8 heteroatoms. The minimum Gasteiger partial charge on any atom is -0.306 e. The van der Waals surface area contributed by atoms with Crippen LogP contribution in [-0.2, 0) is 20.6 Å². The highest BCUT2D eigenvalue weighted by molar-refractivity contribution is 6.02. The van der Waals surface area contributed by atoms with Crippen LogP contribution < -0.4 is 16.6 Å². The second-order valence-electron chi connectivity index (χ2n) is 4.28. The summed E-state index contributed by atoms with van der Waals surface area (Å²) in [6.07, 6.45) is 1.68. The van der Waals surface area contributed by atoms with Gasteiger partial charge in [0.25, 0.3) is 11.5 Å². The van der Waals surface area contributed by atoms with Crippen LogP contribution >= 0.6 is 0 Å². The SMILES string of the molecule is CCn1ccc(C(=O)Nc2cc(=O)n(C)c(=O)n2C)n1. The van der Waals surface area contributed by atoms with Crippen molar-refractivity contribution in [1.29, 1.82) is 0 Å². The maximum absolute atomic E-state index is 12.0. The summed E-state index contributed by atoms with van der Waals surface area (Å²) < 4.78 is 3.76. The van der Waals surface area contributed by atoms with E-state index < -0.39 is 17.2 Å². The van der Waals surface area contributed by atoms with Gasteiger partial charge in [0.2, 0.25) is 0 Å². The number of aromatic nitrogens is 4. The number of carbonyl (C=O) groups excluding carboxylic acids is 1. The monoisotopic (exact) mass is 277 g/mol. The third kappa shape index (κ3) is 2.40. The van der Waals surface area contributed by atoms with Gasteiger partial charge in [-0.15, -0.1) is 0 Å². The number of carbonyl (C=O) groups is 1. The van der Waals surface area contributed by atoms with Gasteiger partial charge in [0.1, 0.15) is 5.82 Å². The fraction of sp³-hybridized carbons (Fsp3) is 0.333. The van der Waals surface area contributed by atoms with E-state index in [1.165, 1.54) is 24.7 Å². The number of nitrogens with one attached hydrogen (secondary N) is 1. The van der Waals surface area contributed by atoms with Crippen molar-refractivity contribution >= 4 is 11.7 Å². The van der Waals surface area contributed by atoms with E-state index in [-0.39, 0.29) is 11.5 Å². The first-order valence-corrected chi connectivity index (χ1v) is 6.06. The van der Waals surface area contributed by atoms with Crippen molar-refractivity contribution in [2.45, 2.75) is 13.5 Å². The summed E-state index contributed by atoms with van der Waals surface area (Å²) in [6.45, 7) is 2.55. The Morgan fingerprint density at radius 3 is 2.60 bits per heavy atom. The maximum Gasteiger partial charge on any atom is 0.332 e. The van der Waals surface area contributed by atoms with Crippen LogP contribution in [0.15, 0.2) is 27.9 Å². The predicted molar refractivity (Wildman–Crippen MR) is 72.8 cm³/mol. The van der Waals surface area contributed by atoms with Crippen molar-refractivity contribution in [3.63, 3.8) is 0 Å². The molecule has 1 amide bonds. The first-order valence-electron chi connectivity index (χ1n) is 6.06. The van der Waals surface area contributed by atoms with E-state index in [2.05, 4.69) is 10.4 Å². The molecule has 0 bridgehead atoms. The van der Waals surface area contributed by atoms with Crippen molar-refractivity contribution in [2.75, 3.05) is 5.32 Å². The summed E-state index contributed by atoms with van der Waals surface area (Å²) in [5.41, 5.74) is -0.769. The van der Waals surface area contributed by atoms with Crippen molar-refractivity contribution in [3.05, 3.63) is 44.9 Å². The summed E-state index contributed by atoms with van der Waals surface area (Å²) in [6, 6.07) is 2.76. The Morgan fingerprint density at radius 2 is 2.00 bits per heavy atom. The minimum atomic E-state index is -0.508. The Balaban J connectivity index is 2.33. The lowest BCUT2D eigenvalue weighted by Crippen LogP contribution is -2.38. The van der Waals surface area contributed by atoms with E-state index in [0.29, 0.717) is 6.54 Å². The largest absolute Gasteiger partial charge is 0.332 e. The van der Waals surface area contributed by atoms with Crippen molar-refractivity contribution in [3.8, 4) is 0 Å². The number of anilines is 1. The van der Waals surface area contributed by atoms with E-state index in [4.69, 9.17) is 0 Å². The Bertz CT molecular complexity index is 768. The molecule has 0 unspecified atom stereocenters. The molecule has 0 fully saturated rings. The van der Waals surface area contributed by atoms with E-state index in [1.54, 1.807) is 16.9 Å². The van der Waals surface area contributed by atoms with Gasteiger partial charge in [0, 0.05) is 32.9 Å². The number of hydrogen-bond acceptors (Lipinski definition) is 4. The molecule has 0 saturated carbocycles. The van der Waals surface area contributed by atoms with Crippen LogP contribution in [0.2, 0.25) is 0 Å². The first kappa shape index (κ1) is 13.8. The standard InChI is InChI=1S/C12H15N5O3/c1-4-17-6-5-8(14-17)11(19)13-9-7-10(18)16(3)12(20)15(9)2/h5-7H,4H2,1-3H3,(H,13,19). The number of amides is 1. The van der Waals surface area contributed by atoms with Crippen LogP contribution in [0.5, 0.6) is 0 Å². The van der Waals surface area contributed by atoms with Crippen LogP contribution in [0.3, 0.4) is 0 Å². The Hall–Kier alpha value is -2.64. The summed E-state index contributed by atoms with van der Waals surface area (Å²) in [4.78, 5) is 35.3. The zero-order chi connectivity index (χ0) is 14.9. The molecule has 2 aromatic rings. The molecule has 1 N–H and O–H groups in total. The normalized spacial score (nSPS) is 10.6. The average Bonchev–Trinajstić information content (AvgIpc) is 2.91. The van der Waals surface area contributed by atoms with Crippen molar-refractivity contribution < 1.29 is 4.79 Å². The fourth-order valence-electron chi connectivity index (χ4n) is 1.69. The van der Waals surface area contributed by atoms with Crippen LogP contribution in [0.25, 0.3) is 0 Å². The van der Waals surface area contributed by atoms with Crippen molar-refractivity contribution in [1.82, 2.24) is 18.9 Å². The summed E-state index contributed by atoms with van der Waals surface area (Å²) in [5.74, 6) is -0.338. The molecule has 0 aliphatic rings. The molecule has 0 atom stereocenters. The number of hydrogen-bond donors (Lipinski definition) is 1. The zero-order valence-electron chi connectivity index (χ0n) is 11.5. The van der Waals surface area contributed by atoms with Gasteiger partial charge in [0.15, 0.2) is 5.69 Å². The quantitative estimate of drug-likeness (QED) is 0.823. The Kier molecular flexibility index (Phi) is 3.55. The predicted octanol–water partition coefficient (Wildman–Crippen LogP) is -0.447. The van der Waals surface area contributed by atoms with Gasteiger partial charge < -0.3 is 5.32 Å². The van der Waals surface area contributed by atoms with E-state index in [1.807, 2.05) is 6.92 Å². The fourth-order valence-corrected chi connectivity index (χ4v) is 1.69. The third-order valence-corrected chi connectivity index (χ3v) is 2.96. The molecule has 0 aliphatic heterocycles. The van der Waals surface area contributed by atoms with Gasteiger partial charge in [0.05, 0.1) is 0 Å². The molecule has 8 nitrogen and oxygen atoms in total. The summed E-state index contributed by atoms with van der Waals surface area (Å²) >= 11 is 0. The lowest BCUT2D eigenvalue weighted by Gasteiger charge is -2.09. The molecule has 2 aromatic heterocycles. The molecule has 20 heavy (non-hydrogen) atoms.